The average Bonchev–Trinajstić information content (AvgIpc) is 1.77. The molecule has 20 rings (SSSR count). The molecule has 8 saturated heterocycles. The molecule has 12 aromatic rings. The van der Waals surface area contributed by atoms with E-state index in [1.165, 1.54) is 66.2 Å². The number of ketones is 1. The number of hydrogen-bond donors (Lipinski definition) is 7. The number of aromatic nitrogens is 6. The maximum atomic E-state index is 12.0. The Labute approximate surface area is 659 Å². The summed E-state index contributed by atoms with van der Waals surface area (Å²) in [5.74, 6) is 1.38. The number of H-pyrrole nitrogens is 6. The van der Waals surface area contributed by atoms with Gasteiger partial charge in [0.05, 0.1) is 60.1 Å². The third kappa shape index (κ3) is 16.8. The van der Waals surface area contributed by atoms with Crippen molar-refractivity contribution in [2.24, 2.45) is 5.92 Å². The second-order valence-corrected chi connectivity index (χ2v) is 35.7. The fourth-order valence-electron chi connectivity index (χ4n) is 18.0. The number of amides is 3. The number of aromatic amines is 6. The number of piperidine rings is 2. The van der Waals surface area contributed by atoms with Gasteiger partial charge < -0.3 is 74.2 Å². The van der Waals surface area contributed by atoms with Crippen molar-refractivity contribution in [3.63, 3.8) is 0 Å². The Bertz CT molecular complexity index is 5650. The number of β-amino-alcohol motifs (C(OH)–C–C–N with tert-alkyl or cyclic N) is 1. The summed E-state index contributed by atoms with van der Waals surface area (Å²) in [4.78, 5) is 83.9. The van der Waals surface area contributed by atoms with Crippen LogP contribution >= 0.6 is 0 Å². The highest BCUT2D eigenvalue weighted by atomic mass is 32.2. The first-order valence-corrected chi connectivity index (χ1v) is 43.2. The fourth-order valence-corrected chi connectivity index (χ4v) is 20.2. The average molecular weight is 1570 g/mol. The number of rotatable bonds is 8. The molecule has 7 N–H and O–H groups in total. The maximum Gasteiger partial charge on any atom is 0.241 e. The van der Waals surface area contributed by atoms with Gasteiger partial charge in [-0.3, -0.25) is 19.2 Å². The summed E-state index contributed by atoms with van der Waals surface area (Å²) in [6.07, 6.45) is 19.0. The number of aliphatic hydroxyl groups excluding tert-OH is 1. The second-order valence-electron chi connectivity index (χ2n) is 31.8. The molecule has 8 fully saturated rings. The summed E-state index contributed by atoms with van der Waals surface area (Å²) in [6.45, 7) is 17.7. The van der Waals surface area contributed by atoms with Crippen LogP contribution in [-0.4, -0.2) is 247 Å². The van der Waals surface area contributed by atoms with Gasteiger partial charge in [-0.25, -0.2) is 16.8 Å². The van der Waals surface area contributed by atoms with Gasteiger partial charge in [0, 0.05) is 244 Å². The lowest BCUT2D eigenvalue weighted by Gasteiger charge is -2.46. The quantitative estimate of drug-likeness (QED) is 0.0745. The van der Waals surface area contributed by atoms with Crippen LogP contribution in [0.3, 0.4) is 0 Å². The molecule has 0 spiro atoms. The standard InChI is InChI=1S/C16H19N3O.C15H21N3O2S.C15H17N3O.C14H18N2O3S.C13H15N3O.C13H14N2O/c1-11-8-12-10-18(6-7-19(12)16(11)20)15-9-17-14-5-3-2-4-13(14)15;1-15(2)11-17(8-9-18(15)21(3,19)20)14-10-16-13-7-5-4-6-12(13)14;19-15-6-5-11-10-17(7-8-18(11)15)14-9-16-13-4-2-1-3-12(13)14;1-20(18,19)16-7-6-11(14(17)9-16)12-8-15-13-5-3-2-4-10(12)13;1-15-6-7-16(9-13(15)17)12-8-14-11-5-3-2-4-10(11)12;16-10-4-3-7-15(9-10)13-8-14-12-6-2-1-5-11(12)13/h2-5,9,11-12,17H,6-8,10H2,1H3;4-7,10,16H,8-9,11H2,1-3H3;1-4,9,11,16H,5-8,10H2;2-5,8,11,14-15,17H,6-7,9H2,1H3;2-5,8,14H,6-7,9H2,1H3;1-2,5-6,8,14H,3-4,7,9H2. The second kappa shape index (κ2) is 32.9. The minimum atomic E-state index is -3.23. The highest BCUT2D eigenvalue weighted by Crippen LogP contribution is 2.39. The Balaban J connectivity index is 0.000000107. The molecule has 594 valence electrons. The molecule has 6 aromatic heterocycles. The highest BCUT2D eigenvalue weighted by Gasteiger charge is 2.43. The van der Waals surface area contributed by atoms with Crippen molar-refractivity contribution in [1.82, 2.24) is 53.2 Å². The molecule has 5 atom stereocenters. The summed E-state index contributed by atoms with van der Waals surface area (Å²) >= 11 is 0. The number of hydrogen-bond acceptors (Lipinski definition) is 14. The van der Waals surface area contributed by atoms with Crippen LogP contribution in [0, 0.1) is 5.92 Å². The highest BCUT2D eigenvalue weighted by molar-refractivity contribution is 7.88. The third-order valence-corrected chi connectivity index (χ3v) is 26.6. The van der Waals surface area contributed by atoms with Crippen LogP contribution in [-0.2, 0) is 39.2 Å². The SMILES string of the molecule is CC1(C)CN(c2c[nH]c3ccccc23)CCN1S(C)(=O)=O.CC1CC2CN(c3c[nH]c4ccccc34)CCN2C1=O.CN1CCN(c2c[nH]c3ccccc23)CC1=O.CS(=O)(=O)N1CCC(c2c[nH]c3ccccc23)C(O)C1.O=C1CCC2CN(c3c[nH]c4ccccc34)CCN12.O=C1CCCN(c2c[nH]c3ccccc23)C1. The Kier molecular flexibility index (Phi) is 22.6. The summed E-state index contributed by atoms with van der Waals surface area (Å²) < 4.78 is 49.9. The molecule has 0 radical (unpaired) electrons. The van der Waals surface area contributed by atoms with Gasteiger partial charge in [-0.1, -0.05) is 116 Å². The first-order valence-electron chi connectivity index (χ1n) is 39.5. The molecule has 25 nitrogen and oxygen atoms in total. The number of aliphatic hydroxyl groups is 1. The molecule has 6 aromatic carbocycles. The number of anilines is 5. The minimum Gasteiger partial charge on any atom is -0.391 e. The third-order valence-electron chi connectivity index (χ3n) is 23.8. The van der Waals surface area contributed by atoms with Gasteiger partial charge >= 0.3 is 0 Å². The van der Waals surface area contributed by atoms with E-state index in [1.54, 1.807) is 9.21 Å². The van der Waals surface area contributed by atoms with Crippen molar-refractivity contribution in [3.05, 3.63) is 188 Å². The van der Waals surface area contributed by atoms with Crippen LogP contribution in [0.5, 0.6) is 0 Å². The lowest BCUT2D eigenvalue weighted by molar-refractivity contribution is -0.132. The van der Waals surface area contributed by atoms with Crippen molar-refractivity contribution < 1.29 is 41.1 Å². The van der Waals surface area contributed by atoms with E-state index in [4.69, 9.17) is 0 Å². The lowest BCUT2D eigenvalue weighted by atomic mass is 9.88. The number of fused-ring (bicyclic) bond motifs is 8. The number of Topliss-reactive ketones (excluding diaryl/α,β-unsaturated/α-hetero) is 1. The van der Waals surface area contributed by atoms with Gasteiger partial charge in [0.2, 0.25) is 37.8 Å². The normalized spacial score (nSPS) is 21.7. The Morgan fingerprint density at radius 1 is 0.425 bits per heavy atom. The van der Waals surface area contributed by atoms with E-state index in [0.717, 1.165) is 141 Å². The van der Waals surface area contributed by atoms with E-state index in [-0.39, 0.29) is 24.3 Å². The zero-order chi connectivity index (χ0) is 78.9. The summed E-state index contributed by atoms with van der Waals surface area (Å²) in [5, 5.41) is 17.5. The first-order chi connectivity index (χ1) is 54.4. The van der Waals surface area contributed by atoms with E-state index >= 15 is 0 Å². The van der Waals surface area contributed by atoms with Crippen LogP contribution in [0.1, 0.15) is 70.8 Å². The monoisotopic (exact) mass is 1570 g/mol. The van der Waals surface area contributed by atoms with Crippen molar-refractivity contribution in [1.29, 1.82) is 0 Å². The molecular weight excluding hydrogens is 1470 g/mol. The van der Waals surface area contributed by atoms with Crippen molar-refractivity contribution in [3.8, 4) is 0 Å². The molecule has 27 heteroatoms. The van der Waals surface area contributed by atoms with Crippen molar-refractivity contribution >= 4 is 137 Å². The number of carbonyl (C=O) groups excluding carboxylic acids is 4. The van der Waals surface area contributed by atoms with Crippen molar-refractivity contribution in [2.45, 2.75) is 88.9 Å². The maximum absolute atomic E-state index is 12.0. The molecule has 5 unspecified atom stereocenters. The van der Waals surface area contributed by atoms with E-state index in [0.29, 0.717) is 75.4 Å². The van der Waals surface area contributed by atoms with Crippen LogP contribution < -0.4 is 24.5 Å². The summed E-state index contributed by atoms with van der Waals surface area (Å²) in [6, 6.07) is 50.1. The number of benzene rings is 6. The Morgan fingerprint density at radius 2 is 0.850 bits per heavy atom. The minimum absolute atomic E-state index is 0.0239. The first kappa shape index (κ1) is 77.7. The number of piperazine rings is 4. The molecule has 0 bridgehead atoms. The molecular formula is C86H104N16O9S2. The lowest BCUT2D eigenvalue weighted by Crippen LogP contribution is -2.60. The van der Waals surface area contributed by atoms with Gasteiger partial charge in [0.25, 0.3) is 0 Å². The van der Waals surface area contributed by atoms with E-state index in [9.17, 15) is 41.1 Å². The van der Waals surface area contributed by atoms with E-state index < -0.39 is 31.7 Å². The molecule has 8 aliphatic rings. The van der Waals surface area contributed by atoms with Crippen LogP contribution in [0.15, 0.2) is 183 Å². The van der Waals surface area contributed by atoms with E-state index in [2.05, 4.69) is 168 Å². The summed E-state index contributed by atoms with van der Waals surface area (Å²) in [7, 11) is -4.54. The number of sulfonamides is 2. The molecule has 0 saturated carbocycles. The summed E-state index contributed by atoms with van der Waals surface area (Å²) in [5.41, 5.74) is 13.4. The van der Waals surface area contributed by atoms with Gasteiger partial charge in [-0.05, 0) is 81.5 Å². The zero-order valence-corrected chi connectivity index (χ0v) is 66.9. The fraction of sp³-hybridized carbons (Fsp3) is 0.395. The van der Waals surface area contributed by atoms with Crippen LogP contribution in [0.4, 0.5) is 28.4 Å². The zero-order valence-electron chi connectivity index (χ0n) is 65.3. The molecule has 0 aliphatic carbocycles. The van der Waals surface area contributed by atoms with Gasteiger partial charge in [-0.2, -0.15) is 8.61 Å². The molecule has 8 aliphatic heterocycles. The Hall–Kier alpha value is -10.6. The van der Waals surface area contributed by atoms with Gasteiger partial charge in [0.1, 0.15) is 0 Å². The van der Waals surface area contributed by atoms with Crippen LogP contribution in [0.25, 0.3) is 65.4 Å². The number of nitrogens with zero attached hydrogens (tertiary/aromatic N) is 10. The topological polar surface area (TPSA) is 284 Å². The van der Waals surface area contributed by atoms with Gasteiger partial charge in [0.15, 0.2) is 5.78 Å². The van der Waals surface area contributed by atoms with E-state index in [1.807, 2.05) is 106 Å². The number of para-hydroxylation sites is 6. The number of carbonyl (C=O) groups is 4. The van der Waals surface area contributed by atoms with Crippen molar-refractivity contribution in [2.75, 3.05) is 149 Å². The van der Waals surface area contributed by atoms with Gasteiger partial charge in [-0.15, -0.1) is 0 Å². The smallest absolute Gasteiger partial charge is 0.241 e. The number of nitrogens with one attached hydrogen (secondary N) is 6. The predicted molar refractivity (Wildman–Crippen MR) is 452 cm³/mol. The number of likely N-dealkylation sites (N-methyl/N-ethyl adjacent to an activating group) is 1. The largest absolute Gasteiger partial charge is 0.391 e. The molecule has 113 heavy (non-hydrogen) atoms. The van der Waals surface area contributed by atoms with Crippen LogP contribution in [0.2, 0.25) is 0 Å². The molecule has 14 heterocycles. The predicted octanol–water partition coefficient (Wildman–Crippen LogP) is 11.3. The Morgan fingerprint density at radius 3 is 1.32 bits per heavy atom. The molecule has 3 amide bonds.